The number of carbonyl (C=O) groups excluding carboxylic acids is 3. The van der Waals surface area contributed by atoms with Crippen LogP contribution in [0.5, 0.6) is 0 Å². The van der Waals surface area contributed by atoms with Crippen LogP contribution in [-0.2, 0) is 20.7 Å². The van der Waals surface area contributed by atoms with Gasteiger partial charge in [-0.3, -0.25) is 14.4 Å². The molecule has 0 spiro atoms. The molecule has 43 heavy (non-hydrogen) atoms. The molecular weight excluding hydrogens is 553 g/mol. The van der Waals surface area contributed by atoms with Crippen molar-refractivity contribution >= 4 is 65.4 Å². The van der Waals surface area contributed by atoms with Crippen molar-refractivity contribution < 1.29 is 19.1 Å². The molecule has 8 nitrogen and oxygen atoms in total. The van der Waals surface area contributed by atoms with Crippen molar-refractivity contribution in [3.8, 4) is 0 Å². The smallest absolute Gasteiger partial charge is 0.681 e. The summed E-state index contributed by atoms with van der Waals surface area (Å²) in [5.41, 5.74) is 8.07. The molecule has 6 rings (SSSR count). The molecule has 2 aromatic heterocycles. The fraction of sp³-hybridized carbons (Fsp3) is 0.382. The van der Waals surface area contributed by atoms with E-state index in [9.17, 15) is 14.4 Å². The first kappa shape index (κ1) is 30.9. The minimum Gasteiger partial charge on any atom is -0.681 e. The Bertz CT molecular complexity index is 1790. The first-order valence-corrected chi connectivity index (χ1v) is 14.5. The molecule has 2 aromatic rings. The molecule has 0 saturated carbocycles. The molecular formula is C34H34MgN4O4-2. The third-order valence-corrected chi connectivity index (χ3v) is 9.52. The van der Waals surface area contributed by atoms with E-state index in [0.717, 1.165) is 46.4 Å². The standard InChI is InChI=1S/C34H34N4O4.Mg/c1-8-18-15(4)22-11-23-16(5)19(9-2)31(37-23)29-30(34(41)42-7)33(40)28-17(6)24(38-32(28)29)12-26-20(10-3)21(14-39)27(36-26)13-25(18)35-22;/h8,11-14,16,19,28,30-31H,1,9-10H2,2-7H3;/q-4;+2/b23-11-,26-12-,27-13-;/t16-,19-,28+,30+,31?;/m0./s1. The fourth-order valence-electron chi connectivity index (χ4n) is 7.22. The zero-order valence-electron chi connectivity index (χ0n) is 25.5. The second-order valence-electron chi connectivity index (χ2n) is 11.5. The van der Waals surface area contributed by atoms with E-state index in [0.29, 0.717) is 45.3 Å². The summed E-state index contributed by atoms with van der Waals surface area (Å²) in [5.74, 6) is -2.37. The van der Waals surface area contributed by atoms with E-state index in [1.807, 2.05) is 39.0 Å². The van der Waals surface area contributed by atoms with Gasteiger partial charge in [0.15, 0.2) is 5.78 Å². The minimum absolute atomic E-state index is 0. The number of Topliss-reactive ketones (excluding diaryl/α,β-unsaturated/α-hetero) is 1. The van der Waals surface area contributed by atoms with Crippen LogP contribution in [0.4, 0.5) is 0 Å². The van der Waals surface area contributed by atoms with Crippen molar-refractivity contribution in [1.29, 1.82) is 0 Å². The zero-order chi connectivity index (χ0) is 30.0. The van der Waals surface area contributed by atoms with Crippen molar-refractivity contribution in [2.75, 3.05) is 7.11 Å². The maximum absolute atomic E-state index is 13.9. The van der Waals surface area contributed by atoms with Crippen LogP contribution >= 0.6 is 0 Å². The van der Waals surface area contributed by atoms with Crippen LogP contribution < -0.4 is 20.7 Å². The Morgan fingerprint density at radius 2 is 1.81 bits per heavy atom. The van der Waals surface area contributed by atoms with Gasteiger partial charge in [0.1, 0.15) is 12.2 Å². The van der Waals surface area contributed by atoms with Gasteiger partial charge in [-0.25, -0.2) is 0 Å². The number of fused-ring (bicyclic) bond motifs is 8. The van der Waals surface area contributed by atoms with Crippen molar-refractivity contribution in [3.05, 3.63) is 89.8 Å². The summed E-state index contributed by atoms with van der Waals surface area (Å²) < 4.78 is 5.15. The van der Waals surface area contributed by atoms with E-state index in [-0.39, 0.29) is 40.7 Å². The molecule has 1 unspecified atom stereocenters. The number of aldehydes is 1. The number of allylic oxidation sites excluding steroid dienone is 3. The first-order valence-electron chi connectivity index (χ1n) is 14.5. The van der Waals surface area contributed by atoms with Crippen molar-refractivity contribution in [3.63, 3.8) is 0 Å². The molecule has 1 saturated heterocycles. The van der Waals surface area contributed by atoms with Gasteiger partial charge in [-0.15, -0.1) is 33.5 Å². The molecule has 218 valence electrons. The van der Waals surface area contributed by atoms with E-state index in [2.05, 4.69) is 20.4 Å². The van der Waals surface area contributed by atoms with Crippen LogP contribution in [0.2, 0.25) is 0 Å². The predicted octanol–water partition coefficient (Wildman–Crippen LogP) is 3.83. The average Bonchev–Trinajstić information content (AvgIpc) is 3.72. The number of aromatic nitrogens is 2. The molecule has 5 heterocycles. The first-order chi connectivity index (χ1) is 20.2. The van der Waals surface area contributed by atoms with Gasteiger partial charge in [-0.2, -0.15) is 5.70 Å². The van der Waals surface area contributed by atoms with Crippen LogP contribution in [0.25, 0.3) is 34.9 Å². The second-order valence-corrected chi connectivity index (χ2v) is 11.5. The Hall–Kier alpha value is -3.56. The number of ketones is 1. The third kappa shape index (κ3) is 4.50. The van der Waals surface area contributed by atoms with Gasteiger partial charge in [-0.05, 0) is 37.7 Å². The summed E-state index contributed by atoms with van der Waals surface area (Å²) in [7, 11) is 1.31. The topological polar surface area (TPSA) is 117 Å². The molecule has 0 N–H and O–H groups in total. The Morgan fingerprint density at radius 3 is 2.44 bits per heavy atom. The van der Waals surface area contributed by atoms with Crippen LogP contribution in [-0.4, -0.2) is 54.2 Å². The average molecular weight is 587 g/mol. The van der Waals surface area contributed by atoms with Crippen molar-refractivity contribution in [2.24, 2.45) is 23.7 Å². The molecule has 8 bridgehead atoms. The van der Waals surface area contributed by atoms with E-state index >= 15 is 0 Å². The number of hydrogen-bond acceptors (Lipinski definition) is 4. The van der Waals surface area contributed by atoms with Crippen LogP contribution in [0.3, 0.4) is 0 Å². The maximum Gasteiger partial charge on any atom is 2.00 e. The number of nitrogens with zero attached hydrogens (tertiary/aromatic N) is 4. The fourth-order valence-corrected chi connectivity index (χ4v) is 7.22. The van der Waals surface area contributed by atoms with E-state index < -0.39 is 23.8 Å². The van der Waals surface area contributed by atoms with Gasteiger partial charge >= 0.3 is 29.0 Å². The number of carbonyl (C=O) groups is 3. The largest absolute Gasteiger partial charge is 2.00 e. The minimum atomic E-state index is -1.05. The Labute approximate surface area is 267 Å². The van der Waals surface area contributed by atoms with Crippen molar-refractivity contribution in [1.82, 2.24) is 9.97 Å². The number of esters is 1. The molecule has 1 fully saturated rings. The Balaban J connectivity index is 0.00000368. The normalized spacial score (nSPS) is 28.1. The molecule has 0 amide bonds. The summed E-state index contributed by atoms with van der Waals surface area (Å²) in [6.45, 7) is 14.1. The quantitative estimate of drug-likeness (QED) is 0.227. The summed E-state index contributed by atoms with van der Waals surface area (Å²) in [5, 5.41) is 11.4. The zero-order valence-corrected chi connectivity index (χ0v) is 26.9. The molecule has 1 aliphatic carbocycles. The molecule has 3 aliphatic heterocycles. The maximum atomic E-state index is 13.9. The summed E-state index contributed by atoms with van der Waals surface area (Å²) in [4.78, 5) is 49.2. The molecule has 4 aliphatic rings. The Kier molecular flexibility index (Phi) is 8.26. The van der Waals surface area contributed by atoms with E-state index in [1.165, 1.54) is 7.11 Å². The second kappa shape index (κ2) is 11.5. The van der Waals surface area contributed by atoms with Crippen molar-refractivity contribution in [2.45, 2.75) is 53.5 Å². The molecule has 9 heteroatoms. The predicted molar refractivity (Wildman–Crippen MR) is 167 cm³/mol. The van der Waals surface area contributed by atoms with Gasteiger partial charge < -0.3 is 25.3 Å². The summed E-state index contributed by atoms with van der Waals surface area (Å²) in [6, 6.07) is -0.398. The molecule has 0 aromatic carbocycles. The van der Waals surface area contributed by atoms with Crippen LogP contribution in [0.1, 0.15) is 72.6 Å². The number of ether oxygens (including phenoxy) is 1. The van der Waals surface area contributed by atoms with Gasteiger partial charge in [0, 0.05) is 11.5 Å². The number of methoxy groups -OCH3 is 1. The van der Waals surface area contributed by atoms with Gasteiger partial charge in [0.2, 0.25) is 0 Å². The molecule has 0 radical (unpaired) electrons. The summed E-state index contributed by atoms with van der Waals surface area (Å²) in [6.07, 6.45) is 9.71. The number of hydrogen-bond donors (Lipinski definition) is 0. The van der Waals surface area contributed by atoms with Crippen LogP contribution in [0.15, 0.2) is 34.8 Å². The Morgan fingerprint density at radius 1 is 1.07 bits per heavy atom. The number of rotatable bonds is 5. The summed E-state index contributed by atoms with van der Waals surface area (Å²) >= 11 is 0. The third-order valence-electron chi connectivity index (χ3n) is 9.52. The monoisotopic (exact) mass is 586 g/mol. The van der Waals surface area contributed by atoms with Gasteiger partial charge in [0.25, 0.3) is 0 Å². The van der Waals surface area contributed by atoms with Gasteiger partial charge in [-0.1, -0.05) is 86.4 Å². The van der Waals surface area contributed by atoms with Crippen LogP contribution in [0, 0.1) is 30.6 Å². The SMILES string of the molecule is C=Cc1c2[n-]c(c1C)/C=C1\[N-]C(C3=C4[N-]C(=C(C)[C@H]4C(=O)[C@@H]3C(=O)OC)/C=c3\[n-]/c(c(C=O)c3CC)=C\2)[C@@H](CC)[C@@H]1C.[Mg+2]. The molecule has 5 atom stereocenters. The van der Waals surface area contributed by atoms with E-state index in [1.54, 1.807) is 6.08 Å². The van der Waals surface area contributed by atoms with Gasteiger partial charge in [0.05, 0.1) is 7.11 Å². The van der Waals surface area contributed by atoms with E-state index in [4.69, 9.17) is 25.3 Å².